The van der Waals surface area contributed by atoms with Crippen molar-refractivity contribution in [1.29, 1.82) is 0 Å². The average Bonchev–Trinajstić information content (AvgIpc) is 2.96. The maximum atomic E-state index is 11.7. The lowest BCUT2D eigenvalue weighted by Crippen LogP contribution is -2.47. The van der Waals surface area contributed by atoms with Crippen LogP contribution < -0.4 is 5.73 Å². The number of benzene rings is 1. The van der Waals surface area contributed by atoms with Crippen molar-refractivity contribution < 1.29 is 9.53 Å². The highest BCUT2D eigenvalue weighted by Gasteiger charge is 2.32. The van der Waals surface area contributed by atoms with E-state index in [-0.39, 0.29) is 6.04 Å². The van der Waals surface area contributed by atoms with Gasteiger partial charge in [0.2, 0.25) is 0 Å². The molecule has 112 valence electrons. The lowest BCUT2D eigenvalue weighted by Gasteiger charge is -2.25. The van der Waals surface area contributed by atoms with Gasteiger partial charge in [0.15, 0.2) is 0 Å². The maximum Gasteiger partial charge on any atom is 0.325 e. The van der Waals surface area contributed by atoms with Gasteiger partial charge in [-0.2, -0.15) is 5.10 Å². The number of esters is 1. The topological polar surface area (TPSA) is 70.1 Å². The standard InChI is InChI=1S/C16H21N3O2/c1-12(9-16(2,17)15(20)21-3)19-11-14(10-18-19)13-7-5-4-6-8-13/h4-8,10-12H,9,17H2,1-3H3. The highest BCUT2D eigenvalue weighted by Crippen LogP contribution is 2.23. The van der Waals surface area contributed by atoms with E-state index in [1.54, 1.807) is 6.92 Å². The number of aromatic nitrogens is 2. The smallest absolute Gasteiger partial charge is 0.325 e. The Bertz CT molecular complexity index is 605. The van der Waals surface area contributed by atoms with Crippen LogP contribution in [-0.4, -0.2) is 28.4 Å². The van der Waals surface area contributed by atoms with Crippen molar-refractivity contribution in [2.75, 3.05) is 7.11 Å². The number of carbonyl (C=O) groups excluding carboxylic acids is 1. The Morgan fingerprint density at radius 1 is 1.38 bits per heavy atom. The normalized spacial score (nSPS) is 15.2. The van der Waals surface area contributed by atoms with E-state index in [4.69, 9.17) is 10.5 Å². The highest BCUT2D eigenvalue weighted by atomic mass is 16.5. The molecule has 21 heavy (non-hydrogen) atoms. The van der Waals surface area contributed by atoms with Crippen LogP contribution in [0.5, 0.6) is 0 Å². The first-order valence-electron chi connectivity index (χ1n) is 6.91. The number of methoxy groups -OCH3 is 1. The van der Waals surface area contributed by atoms with Gasteiger partial charge in [0.05, 0.1) is 19.3 Å². The predicted octanol–water partition coefficient (Wildman–Crippen LogP) is 2.39. The highest BCUT2D eigenvalue weighted by molar-refractivity contribution is 5.79. The van der Waals surface area contributed by atoms with Crippen LogP contribution >= 0.6 is 0 Å². The molecule has 2 aromatic rings. The van der Waals surface area contributed by atoms with Crippen molar-refractivity contribution in [3.63, 3.8) is 0 Å². The minimum atomic E-state index is -1.02. The van der Waals surface area contributed by atoms with Crippen LogP contribution in [0.3, 0.4) is 0 Å². The van der Waals surface area contributed by atoms with E-state index < -0.39 is 11.5 Å². The van der Waals surface area contributed by atoms with E-state index in [1.165, 1.54) is 7.11 Å². The first kappa shape index (κ1) is 15.3. The first-order valence-corrected chi connectivity index (χ1v) is 6.91. The van der Waals surface area contributed by atoms with Crippen molar-refractivity contribution in [2.24, 2.45) is 5.73 Å². The Balaban J connectivity index is 2.13. The SMILES string of the molecule is COC(=O)C(C)(N)CC(C)n1cc(-c2ccccc2)cn1. The molecule has 2 rings (SSSR count). The fourth-order valence-corrected chi connectivity index (χ4v) is 2.38. The molecule has 2 atom stereocenters. The molecule has 0 spiro atoms. The second-order valence-corrected chi connectivity index (χ2v) is 5.54. The molecule has 0 saturated heterocycles. The number of ether oxygens (including phenoxy) is 1. The largest absolute Gasteiger partial charge is 0.468 e. The van der Waals surface area contributed by atoms with Crippen LogP contribution in [0.4, 0.5) is 0 Å². The Kier molecular flexibility index (Phi) is 4.43. The van der Waals surface area contributed by atoms with Crippen LogP contribution in [-0.2, 0) is 9.53 Å². The third-order valence-corrected chi connectivity index (χ3v) is 3.53. The predicted molar refractivity (Wildman–Crippen MR) is 81.6 cm³/mol. The van der Waals surface area contributed by atoms with Gasteiger partial charge in [-0.25, -0.2) is 0 Å². The monoisotopic (exact) mass is 287 g/mol. The number of hydrogen-bond acceptors (Lipinski definition) is 4. The van der Waals surface area contributed by atoms with Gasteiger partial charge in [-0.1, -0.05) is 30.3 Å². The Morgan fingerprint density at radius 3 is 2.67 bits per heavy atom. The summed E-state index contributed by atoms with van der Waals surface area (Å²) in [6.45, 7) is 3.66. The molecule has 2 unspecified atom stereocenters. The molecular weight excluding hydrogens is 266 g/mol. The molecule has 0 bridgehead atoms. The fourth-order valence-electron chi connectivity index (χ4n) is 2.38. The maximum absolute atomic E-state index is 11.7. The number of nitrogens with two attached hydrogens (primary N) is 1. The molecule has 0 aliphatic carbocycles. The van der Waals surface area contributed by atoms with Crippen molar-refractivity contribution in [3.8, 4) is 11.1 Å². The molecule has 0 amide bonds. The van der Waals surface area contributed by atoms with Gasteiger partial charge in [0, 0.05) is 11.8 Å². The molecule has 1 heterocycles. The second-order valence-electron chi connectivity index (χ2n) is 5.54. The van der Waals surface area contributed by atoms with Gasteiger partial charge in [0.25, 0.3) is 0 Å². The minimum Gasteiger partial charge on any atom is -0.468 e. The van der Waals surface area contributed by atoms with Gasteiger partial charge in [0.1, 0.15) is 5.54 Å². The lowest BCUT2D eigenvalue weighted by atomic mass is 9.95. The van der Waals surface area contributed by atoms with Gasteiger partial charge in [-0.3, -0.25) is 9.48 Å². The van der Waals surface area contributed by atoms with Gasteiger partial charge in [-0.15, -0.1) is 0 Å². The molecule has 0 saturated carbocycles. The third-order valence-electron chi connectivity index (χ3n) is 3.53. The van der Waals surface area contributed by atoms with Crippen LogP contribution in [0.2, 0.25) is 0 Å². The van der Waals surface area contributed by atoms with Crippen LogP contribution in [0.25, 0.3) is 11.1 Å². The molecule has 5 nitrogen and oxygen atoms in total. The van der Waals surface area contributed by atoms with E-state index in [2.05, 4.69) is 5.10 Å². The Morgan fingerprint density at radius 2 is 2.05 bits per heavy atom. The van der Waals surface area contributed by atoms with E-state index in [1.807, 2.05) is 54.3 Å². The summed E-state index contributed by atoms with van der Waals surface area (Å²) in [4.78, 5) is 11.7. The van der Waals surface area contributed by atoms with Crippen molar-refractivity contribution in [2.45, 2.75) is 31.8 Å². The zero-order valence-electron chi connectivity index (χ0n) is 12.6. The molecule has 1 aromatic carbocycles. The van der Waals surface area contributed by atoms with Crippen LogP contribution in [0.1, 0.15) is 26.3 Å². The van der Waals surface area contributed by atoms with Crippen molar-refractivity contribution >= 4 is 5.97 Å². The zero-order chi connectivity index (χ0) is 15.5. The summed E-state index contributed by atoms with van der Waals surface area (Å²) in [6.07, 6.45) is 4.24. The number of carbonyl (C=O) groups is 1. The van der Waals surface area contributed by atoms with E-state index in [0.29, 0.717) is 6.42 Å². The van der Waals surface area contributed by atoms with Crippen LogP contribution in [0.15, 0.2) is 42.7 Å². The van der Waals surface area contributed by atoms with Crippen molar-refractivity contribution in [1.82, 2.24) is 9.78 Å². The molecule has 0 fully saturated rings. The number of nitrogens with zero attached hydrogens (tertiary/aromatic N) is 2. The Labute approximate surface area is 124 Å². The zero-order valence-corrected chi connectivity index (χ0v) is 12.6. The summed E-state index contributed by atoms with van der Waals surface area (Å²) in [6, 6.07) is 10.0. The first-order chi connectivity index (χ1) is 9.94. The quantitative estimate of drug-likeness (QED) is 0.857. The molecule has 1 aromatic heterocycles. The van der Waals surface area contributed by atoms with E-state index >= 15 is 0 Å². The minimum absolute atomic E-state index is 0.00318. The van der Waals surface area contributed by atoms with Gasteiger partial charge < -0.3 is 10.5 Å². The van der Waals surface area contributed by atoms with Gasteiger partial charge in [-0.05, 0) is 25.8 Å². The second kappa shape index (κ2) is 6.10. The van der Waals surface area contributed by atoms with E-state index in [0.717, 1.165) is 11.1 Å². The average molecular weight is 287 g/mol. The Hall–Kier alpha value is -2.14. The van der Waals surface area contributed by atoms with E-state index in [9.17, 15) is 4.79 Å². The molecule has 5 heteroatoms. The summed E-state index contributed by atoms with van der Waals surface area (Å²) in [5.41, 5.74) is 7.14. The summed E-state index contributed by atoms with van der Waals surface area (Å²) < 4.78 is 6.56. The molecule has 0 aliphatic rings. The van der Waals surface area contributed by atoms with Gasteiger partial charge >= 0.3 is 5.97 Å². The fraction of sp³-hybridized carbons (Fsp3) is 0.375. The number of rotatable bonds is 5. The van der Waals surface area contributed by atoms with Crippen molar-refractivity contribution in [3.05, 3.63) is 42.7 Å². The molecular formula is C16H21N3O2. The summed E-state index contributed by atoms with van der Waals surface area (Å²) >= 11 is 0. The summed E-state index contributed by atoms with van der Waals surface area (Å²) in [7, 11) is 1.35. The third kappa shape index (κ3) is 3.49. The molecule has 0 radical (unpaired) electrons. The molecule has 0 aliphatic heterocycles. The molecule has 2 N–H and O–H groups in total. The summed E-state index contributed by atoms with van der Waals surface area (Å²) in [5, 5.41) is 4.37. The van der Waals surface area contributed by atoms with Crippen LogP contribution in [0, 0.1) is 0 Å². The summed E-state index contributed by atoms with van der Waals surface area (Å²) in [5.74, 6) is -0.412. The number of hydrogen-bond donors (Lipinski definition) is 1. The lowest BCUT2D eigenvalue weighted by molar-refractivity contribution is -0.147.